The Kier molecular flexibility index (Phi) is 5.53. The van der Waals surface area contributed by atoms with E-state index in [1.54, 1.807) is 0 Å². The van der Waals surface area contributed by atoms with Gasteiger partial charge in [0.15, 0.2) is 0 Å². The highest BCUT2D eigenvalue weighted by molar-refractivity contribution is 6.14. The summed E-state index contributed by atoms with van der Waals surface area (Å²) in [6, 6.07) is 6.20. The van der Waals surface area contributed by atoms with Gasteiger partial charge in [0.2, 0.25) is 11.8 Å². The highest BCUT2D eigenvalue weighted by Crippen LogP contribution is 2.30. The third-order valence-corrected chi connectivity index (χ3v) is 3.78. The number of amides is 2. The molecule has 0 unspecified atom stereocenters. The predicted octanol–water partition coefficient (Wildman–Crippen LogP) is 4.59. The molecule has 144 valence electrons. The smallest absolute Gasteiger partial charge is 0.325 e. The minimum Gasteiger partial charge on any atom is -0.325 e. The van der Waals surface area contributed by atoms with Gasteiger partial charge in [0.25, 0.3) is 0 Å². The summed E-state index contributed by atoms with van der Waals surface area (Å²) in [6.07, 6.45) is -4.51. The first-order chi connectivity index (χ1) is 12.4. The quantitative estimate of drug-likeness (QED) is 0.597. The predicted molar refractivity (Wildman–Crippen MR) is 88.8 cm³/mol. The zero-order valence-electron chi connectivity index (χ0n) is 14.2. The van der Waals surface area contributed by atoms with Gasteiger partial charge in [-0.15, -0.1) is 0 Å². The summed E-state index contributed by atoms with van der Waals surface area (Å²) in [5, 5.41) is 4.51. The molecule has 2 aromatic carbocycles. The van der Waals surface area contributed by atoms with Crippen molar-refractivity contribution in [1.82, 2.24) is 0 Å². The average molecular weight is 386 g/mol. The number of anilines is 2. The van der Waals surface area contributed by atoms with Gasteiger partial charge in [-0.05, 0) is 50.2 Å². The van der Waals surface area contributed by atoms with Gasteiger partial charge >= 0.3 is 6.18 Å². The van der Waals surface area contributed by atoms with Crippen molar-refractivity contribution < 1.29 is 31.5 Å². The van der Waals surface area contributed by atoms with Crippen molar-refractivity contribution in [2.45, 2.75) is 20.0 Å². The second kappa shape index (κ2) is 7.34. The number of nitrogens with one attached hydrogen (secondary N) is 2. The Morgan fingerprint density at radius 2 is 1.41 bits per heavy atom. The van der Waals surface area contributed by atoms with Crippen LogP contribution < -0.4 is 10.6 Å². The minimum atomic E-state index is -4.51. The molecule has 0 bridgehead atoms. The highest BCUT2D eigenvalue weighted by Gasteiger charge is 2.37. The number of alkyl halides is 3. The zero-order valence-corrected chi connectivity index (χ0v) is 14.2. The number of rotatable bonds is 4. The van der Waals surface area contributed by atoms with E-state index in [-0.39, 0.29) is 11.4 Å². The van der Waals surface area contributed by atoms with Crippen LogP contribution in [0.4, 0.5) is 33.3 Å². The maximum absolute atomic E-state index is 13.6. The number of hydrogen-bond acceptors (Lipinski definition) is 2. The van der Waals surface area contributed by atoms with Gasteiger partial charge in [-0.25, -0.2) is 8.78 Å². The zero-order chi connectivity index (χ0) is 20.4. The topological polar surface area (TPSA) is 58.2 Å². The summed E-state index contributed by atoms with van der Waals surface area (Å²) in [7, 11) is 0. The lowest BCUT2D eigenvalue weighted by molar-refractivity contribution is -0.137. The molecule has 0 radical (unpaired) electrons. The highest BCUT2D eigenvalue weighted by atomic mass is 19.4. The lowest BCUT2D eigenvalue weighted by Crippen LogP contribution is -2.41. The van der Waals surface area contributed by atoms with Crippen molar-refractivity contribution in [3.63, 3.8) is 0 Å². The number of halogens is 5. The van der Waals surface area contributed by atoms with Crippen LogP contribution in [0.5, 0.6) is 0 Å². The summed E-state index contributed by atoms with van der Waals surface area (Å²) in [6.45, 7) is 2.51. The van der Waals surface area contributed by atoms with Crippen LogP contribution in [0, 0.1) is 17.0 Å². The fourth-order valence-corrected chi connectivity index (χ4v) is 2.00. The molecule has 0 saturated carbocycles. The van der Waals surface area contributed by atoms with Crippen LogP contribution >= 0.6 is 0 Å². The van der Waals surface area contributed by atoms with Crippen LogP contribution in [0.1, 0.15) is 19.4 Å². The Morgan fingerprint density at radius 3 is 1.93 bits per heavy atom. The average Bonchev–Trinajstić information content (AvgIpc) is 2.56. The van der Waals surface area contributed by atoms with E-state index in [9.17, 15) is 31.5 Å². The summed E-state index contributed by atoms with van der Waals surface area (Å²) in [5.41, 5.74) is -2.83. The van der Waals surface area contributed by atoms with E-state index in [1.165, 1.54) is 13.8 Å². The molecule has 0 aliphatic rings. The molecule has 9 heteroatoms. The molecule has 0 aliphatic heterocycles. The van der Waals surface area contributed by atoms with E-state index >= 15 is 0 Å². The van der Waals surface area contributed by atoms with Crippen molar-refractivity contribution in [3.8, 4) is 0 Å². The van der Waals surface area contributed by atoms with Gasteiger partial charge in [0.05, 0.1) is 11.3 Å². The van der Waals surface area contributed by atoms with Crippen molar-refractivity contribution in [1.29, 1.82) is 0 Å². The third kappa shape index (κ3) is 4.81. The maximum Gasteiger partial charge on any atom is 0.416 e. The summed E-state index contributed by atoms with van der Waals surface area (Å²) in [4.78, 5) is 24.6. The second-order valence-corrected chi connectivity index (χ2v) is 6.23. The van der Waals surface area contributed by atoms with Crippen molar-refractivity contribution in [2.24, 2.45) is 5.41 Å². The van der Waals surface area contributed by atoms with Crippen LogP contribution in [0.25, 0.3) is 0 Å². The number of carbonyl (C=O) groups is 2. The molecule has 2 rings (SSSR count). The Hall–Kier alpha value is -2.97. The van der Waals surface area contributed by atoms with Gasteiger partial charge in [-0.1, -0.05) is 0 Å². The fourth-order valence-electron chi connectivity index (χ4n) is 2.00. The number of carbonyl (C=O) groups excluding carboxylic acids is 2. The van der Waals surface area contributed by atoms with Crippen LogP contribution in [-0.4, -0.2) is 11.8 Å². The van der Waals surface area contributed by atoms with Crippen LogP contribution in [0.2, 0.25) is 0 Å². The molecular weight excluding hydrogens is 371 g/mol. The molecule has 0 atom stereocenters. The van der Waals surface area contributed by atoms with Gasteiger partial charge in [0, 0.05) is 11.8 Å². The number of hydrogen-bond donors (Lipinski definition) is 2. The lowest BCUT2D eigenvalue weighted by atomic mass is 9.90. The van der Waals surface area contributed by atoms with Crippen LogP contribution in [-0.2, 0) is 15.8 Å². The van der Waals surface area contributed by atoms with Crippen LogP contribution in [0.3, 0.4) is 0 Å². The van der Waals surface area contributed by atoms with E-state index < -0.39 is 40.6 Å². The Labute approximate surface area is 151 Å². The van der Waals surface area contributed by atoms with E-state index in [4.69, 9.17) is 0 Å². The van der Waals surface area contributed by atoms with E-state index in [0.717, 1.165) is 36.4 Å². The van der Waals surface area contributed by atoms with Gasteiger partial charge in [-0.2, -0.15) is 13.2 Å². The normalized spacial score (nSPS) is 11.8. The molecule has 0 heterocycles. The standard InChI is InChI=1S/C18H15F5N2O2/c1-17(2,16(27)25-14-8-5-11(19)9-13(14)20)15(26)24-12-6-3-10(4-7-12)18(21,22)23/h3-9H,1-2H3,(H,24,26)(H,25,27). The van der Waals surface area contributed by atoms with E-state index in [1.807, 2.05) is 0 Å². The summed E-state index contributed by atoms with van der Waals surface area (Å²) in [5.74, 6) is -3.54. The first kappa shape index (κ1) is 20.3. The summed E-state index contributed by atoms with van der Waals surface area (Å²) >= 11 is 0. The van der Waals surface area contributed by atoms with Crippen molar-refractivity contribution in [3.05, 3.63) is 59.7 Å². The molecule has 0 saturated heterocycles. The monoisotopic (exact) mass is 386 g/mol. The van der Waals surface area contributed by atoms with Gasteiger partial charge < -0.3 is 10.6 Å². The van der Waals surface area contributed by atoms with Gasteiger partial charge in [-0.3, -0.25) is 9.59 Å². The lowest BCUT2D eigenvalue weighted by Gasteiger charge is -2.23. The van der Waals surface area contributed by atoms with Crippen LogP contribution in [0.15, 0.2) is 42.5 Å². The Bertz CT molecular complexity index is 861. The molecule has 2 N–H and O–H groups in total. The van der Waals surface area contributed by atoms with Gasteiger partial charge in [0.1, 0.15) is 17.0 Å². The SMILES string of the molecule is CC(C)(C(=O)Nc1ccc(C(F)(F)F)cc1)C(=O)Nc1ccc(F)cc1F. The number of benzene rings is 2. The molecule has 2 aromatic rings. The van der Waals surface area contributed by atoms with E-state index in [2.05, 4.69) is 10.6 Å². The fraction of sp³-hybridized carbons (Fsp3) is 0.222. The Morgan fingerprint density at radius 1 is 0.852 bits per heavy atom. The van der Waals surface area contributed by atoms with E-state index in [0.29, 0.717) is 6.07 Å². The second-order valence-electron chi connectivity index (χ2n) is 6.23. The molecule has 27 heavy (non-hydrogen) atoms. The molecule has 4 nitrogen and oxygen atoms in total. The minimum absolute atomic E-state index is 0.0573. The van der Waals surface area contributed by atoms with Crippen molar-refractivity contribution >= 4 is 23.2 Å². The molecular formula is C18H15F5N2O2. The molecule has 2 amide bonds. The Balaban J connectivity index is 2.10. The molecule has 0 spiro atoms. The molecule has 0 aliphatic carbocycles. The van der Waals surface area contributed by atoms with Crippen molar-refractivity contribution in [2.75, 3.05) is 10.6 Å². The molecule has 0 fully saturated rings. The first-order valence-electron chi connectivity index (χ1n) is 7.66. The third-order valence-electron chi connectivity index (χ3n) is 3.78. The maximum atomic E-state index is 13.6. The first-order valence-corrected chi connectivity index (χ1v) is 7.66. The molecule has 0 aromatic heterocycles. The largest absolute Gasteiger partial charge is 0.416 e. The summed E-state index contributed by atoms with van der Waals surface area (Å²) < 4.78 is 64.2.